The Labute approximate surface area is 266 Å². The maximum atomic E-state index is 13.3. The molecule has 0 amide bonds. The lowest BCUT2D eigenvalue weighted by Gasteiger charge is -2.34. The number of hydrogen-bond donors (Lipinski definition) is 0. The number of allylic oxidation sites excluding steroid dienone is 2. The summed E-state index contributed by atoms with van der Waals surface area (Å²) in [7, 11) is -12.2. The molecule has 0 heterocycles. The average Bonchev–Trinajstić information content (AvgIpc) is 3.26. The molecule has 5 rings (SSSR count). The lowest BCUT2D eigenvalue weighted by atomic mass is 9.67. The molecule has 0 saturated heterocycles. The van der Waals surface area contributed by atoms with Crippen LogP contribution in [-0.4, -0.2) is 27.9 Å². The molecule has 0 aliphatic heterocycles. The molecule has 14 heteroatoms. The highest BCUT2D eigenvalue weighted by Gasteiger charge is 2.51. The van der Waals surface area contributed by atoms with Crippen molar-refractivity contribution in [3.8, 4) is 22.6 Å². The van der Waals surface area contributed by atoms with Crippen molar-refractivity contribution in [3.63, 3.8) is 0 Å². The minimum absolute atomic E-state index is 0.213. The molecule has 0 fully saturated rings. The number of fused-ring (bicyclic) bond motifs is 3. The first-order chi connectivity index (χ1) is 21.9. The molecule has 1 aliphatic rings. The van der Waals surface area contributed by atoms with E-state index in [0.717, 1.165) is 35.4 Å². The van der Waals surface area contributed by atoms with Crippen LogP contribution in [0.25, 0.3) is 11.1 Å². The van der Waals surface area contributed by atoms with Crippen molar-refractivity contribution in [1.29, 1.82) is 0 Å². The Hall–Kier alpha value is -4.56. The molecule has 0 bridgehead atoms. The highest BCUT2D eigenvalue weighted by Crippen LogP contribution is 2.58. The zero-order chi connectivity index (χ0) is 34.4. The summed E-state index contributed by atoms with van der Waals surface area (Å²) >= 11 is 0. The third-order valence-electron chi connectivity index (χ3n) is 7.54. The number of alkyl halides is 6. The second-order valence-corrected chi connectivity index (χ2v) is 13.6. The number of hydrogen-bond acceptors (Lipinski definition) is 6. The Kier molecular flexibility index (Phi) is 8.56. The maximum Gasteiger partial charge on any atom is 0.534 e. The second kappa shape index (κ2) is 11.9. The Balaban J connectivity index is 1.89. The highest BCUT2D eigenvalue weighted by atomic mass is 32.2. The molecular weight excluding hydrogens is 670 g/mol. The van der Waals surface area contributed by atoms with E-state index in [4.69, 9.17) is 0 Å². The van der Waals surface area contributed by atoms with Gasteiger partial charge in [-0.1, -0.05) is 72.8 Å². The standard InChI is InChI=1S/C33H24F6O6S2/c1-3-7-21-9-5-11-23(17-21)31(24-12-6-10-22(18-24)8-4-2)29-19-25(44-46(40,41)32(34,35)36)13-15-27(29)28-16-14-26(20-30(28)31)45-47(42,43)33(37,38)39/h3-6,9-20H,1-2,7-8H2. The van der Waals surface area contributed by atoms with E-state index in [2.05, 4.69) is 21.5 Å². The second-order valence-electron chi connectivity index (χ2n) is 10.5. The Morgan fingerprint density at radius 3 is 1.32 bits per heavy atom. The minimum atomic E-state index is -6.09. The molecule has 4 aromatic rings. The van der Waals surface area contributed by atoms with Gasteiger partial charge < -0.3 is 8.37 Å². The third kappa shape index (κ3) is 6.02. The van der Waals surface area contributed by atoms with Gasteiger partial charge in [-0.15, -0.1) is 13.2 Å². The number of benzene rings is 4. The lowest BCUT2D eigenvalue weighted by Crippen LogP contribution is -2.30. The summed E-state index contributed by atoms with van der Waals surface area (Å²) in [4.78, 5) is 0. The van der Waals surface area contributed by atoms with Crippen molar-refractivity contribution in [3.05, 3.63) is 144 Å². The first-order valence-corrected chi connectivity index (χ1v) is 16.5. The highest BCUT2D eigenvalue weighted by molar-refractivity contribution is 7.88. The van der Waals surface area contributed by atoms with Gasteiger partial charge in [0, 0.05) is 0 Å². The van der Waals surface area contributed by atoms with E-state index in [1.54, 1.807) is 60.7 Å². The average molecular weight is 695 g/mol. The molecule has 4 aromatic carbocycles. The Bertz CT molecular complexity index is 1950. The molecule has 0 aromatic heterocycles. The van der Waals surface area contributed by atoms with Crippen LogP contribution < -0.4 is 8.37 Å². The SMILES string of the molecule is C=CCc1cccc(C2(c3cccc(CC=C)c3)c3cc(OS(=O)(=O)C(F)(F)F)ccc3-c3ccc(OS(=O)(=O)C(F)(F)F)cc32)c1. The summed E-state index contributed by atoms with van der Waals surface area (Å²) in [6.07, 6.45) is 4.05. The van der Waals surface area contributed by atoms with Crippen LogP contribution in [0.1, 0.15) is 33.4 Å². The van der Waals surface area contributed by atoms with Gasteiger partial charge in [0.15, 0.2) is 0 Å². The molecule has 0 saturated carbocycles. The lowest BCUT2D eigenvalue weighted by molar-refractivity contribution is -0.0504. The van der Waals surface area contributed by atoms with Crippen LogP contribution in [0.5, 0.6) is 11.5 Å². The normalized spacial score (nSPS) is 14.2. The van der Waals surface area contributed by atoms with Gasteiger partial charge in [-0.3, -0.25) is 0 Å². The Morgan fingerprint density at radius 2 is 0.979 bits per heavy atom. The van der Waals surface area contributed by atoms with Crippen LogP contribution >= 0.6 is 0 Å². The zero-order valence-corrected chi connectivity index (χ0v) is 25.7. The van der Waals surface area contributed by atoms with Crippen molar-refractivity contribution in [2.24, 2.45) is 0 Å². The first kappa shape index (κ1) is 33.8. The van der Waals surface area contributed by atoms with Crippen molar-refractivity contribution >= 4 is 20.2 Å². The summed E-state index contributed by atoms with van der Waals surface area (Å²) in [5.41, 5.74) is -9.45. The number of rotatable bonds is 10. The summed E-state index contributed by atoms with van der Waals surface area (Å²) in [5, 5.41) is 0. The fourth-order valence-corrected chi connectivity index (χ4v) is 6.62. The van der Waals surface area contributed by atoms with Crippen LogP contribution in [0.2, 0.25) is 0 Å². The van der Waals surface area contributed by atoms with Gasteiger partial charge in [0.2, 0.25) is 0 Å². The summed E-state index contributed by atoms with van der Waals surface area (Å²) in [5.74, 6) is -1.36. The monoisotopic (exact) mass is 694 g/mol. The van der Waals surface area contributed by atoms with Crippen molar-refractivity contribution in [1.82, 2.24) is 0 Å². The molecule has 0 atom stereocenters. The van der Waals surface area contributed by atoms with E-state index in [9.17, 15) is 43.2 Å². The maximum absolute atomic E-state index is 13.3. The van der Waals surface area contributed by atoms with E-state index in [-0.39, 0.29) is 11.1 Å². The molecule has 47 heavy (non-hydrogen) atoms. The van der Waals surface area contributed by atoms with E-state index in [0.29, 0.717) is 35.1 Å². The van der Waals surface area contributed by atoms with E-state index in [1.165, 1.54) is 12.1 Å². The molecular formula is C33H24F6O6S2. The number of halogens is 6. The van der Waals surface area contributed by atoms with E-state index in [1.807, 2.05) is 0 Å². The van der Waals surface area contributed by atoms with Crippen LogP contribution in [0.3, 0.4) is 0 Å². The van der Waals surface area contributed by atoms with Crippen LogP contribution in [0.4, 0.5) is 26.3 Å². The Morgan fingerprint density at radius 1 is 0.596 bits per heavy atom. The quantitative estimate of drug-likeness (QED) is 0.0638. The minimum Gasteiger partial charge on any atom is -0.376 e. The fraction of sp³-hybridized carbons (Fsp3) is 0.152. The van der Waals surface area contributed by atoms with Gasteiger partial charge in [0.05, 0.1) is 5.41 Å². The molecule has 1 aliphatic carbocycles. The predicted octanol–water partition coefficient (Wildman–Crippen LogP) is 7.96. The van der Waals surface area contributed by atoms with Gasteiger partial charge in [0.25, 0.3) is 0 Å². The van der Waals surface area contributed by atoms with Crippen molar-refractivity contribution < 1.29 is 51.5 Å². The molecule has 246 valence electrons. The van der Waals surface area contributed by atoms with Gasteiger partial charge in [-0.05, 0) is 81.6 Å². The van der Waals surface area contributed by atoms with Gasteiger partial charge >= 0.3 is 31.3 Å². The predicted molar refractivity (Wildman–Crippen MR) is 163 cm³/mol. The van der Waals surface area contributed by atoms with Crippen molar-refractivity contribution in [2.75, 3.05) is 0 Å². The molecule has 0 radical (unpaired) electrons. The summed E-state index contributed by atoms with van der Waals surface area (Å²) in [6, 6.07) is 20.8. The summed E-state index contributed by atoms with van der Waals surface area (Å²) < 4.78 is 137. The van der Waals surface area contributed by atoms with Crippen molar-refractivity contribution in [2.45, 2.75) is 29.3 Å². The smallest absolute Gasteiger partial charge is 0.376 e. The van der Waals surface area contributed by atoms with Crippen LogP contribution in [0, 0.1) is 0 Å². The van der Waals surface area contributed by atoms with Crippen LogP contribution in [-0.2, 0) is 38.5 Å². The molecule has 0 unspecified atom stereocenters. The van der Waals surface area contributed by atoms with E-state index < -0.39 is 48.2 Å². The van der Waals surface area contributed by atoms with Gasteiger partial charge in [-0.25, -0.2) is 0 Å². The van der Waals surface area contributed by atoms with Crippen LogP contribution in [0.15, 0.2) is 110 Å². The zero-order valence-electron chi connectivity index (χ0n) is 24.1. The molecule has 0 spiro atoms. The largest absolute Gasteiger partial charge is 0.534 e. The molecule has 6 nitrogen and oxygen atoms in total. The third-order valence-corrected chi connectivity index (χ3v) is 9.50. The fourth-order valence-electron chi connectivity index (χ4n) is 5.72. The van der Waals surface area contributed by atoms with E-state index >= 15 is 0 Å². The van der Waals surface area contributed by atoms with Gasteiger partial charge in [-0.2, -0.15) is 43.2 Å². The first-order valence-electron chi connectivity index (χ1n) is 13.7. The van der Waals surface area contributed by atoms with Gasteiger partial charge in [0.1, 0.15) is 11.5 Å². The summed E-state index contributed by atoms with van der Waals surface area (Å²) in [6.45, 7) is 7.51. The topological polar surface area (TPSA) is 86.7 Å². The molecule has 0 N–H and O–H groups in total.